The van der Waals surface area contributed by atoms with Gasteiger partial charge in [-0.05, 0) is 0 Å². The van der Waals surface area contributed by atoms with Gasteiger partial charge in [0.05, 0.1) is 0 Å². The molecule has 0 radical (unpaired) electrons. The Balaban J connectivity index is 0.000000720. The van der Waals surface area contributed by atoms with Gasteiger partial charge < -0.3 is 5.48 Å². The van der Waals surface area contributed by atoms with Crippen LogP contribution in [-0.2, 0) is 14.7 Å². The van der Waals surface area contributed by atoms with E-state index in [0.29, 0.717) is 0 Å². The van der Waals surface area contributed by atoms with Gasteiger partial charge in [0.25, 0.3) is 0 Å². The van der Waals surface area contributed by atoms with Gasteiger partial charge in [0.1, 0.15) is 0 Å². The summed E-state index contributed by atoms with van der Waals surface area (Å²) in [6, 6.07) is 0. The van der Waals surface area contributed by atoms with E-state index in [9.17, 15) is 0 Å². The maximum atomic E-state index is 2.22. The van der Waals surface area contributed by atoms with Crippen molar-refractivity contribution in [3.05, 3.63) is 45.5 Å². The first kappa shape index (κ1) is 9.51. The topological polar surface area (TPSA) is 31.5 Å². The predicted molar refractivity (Wildman–Crippen MR) is 47.3 cm³/mol. The number of hydrogen-bond donors (Lipinski definition) is 0. The Morgan fingerprint density at radius 3 is 1.75 bits per heavy atom. The van der Waals surface area contributed by atoms with E-state index < -0.39 is 0 Å². The molecular weight excluding hydrogens is 195 g/mol. The van der Waals surface area contributed by atoms with E-state index in [0.717, 1.165) is 12.8 Å². The summed E-state index contributed by atoms with van der Waals surface area (Å²) in [4.78, 5) is 0. The molecule has 0 saturated carbocycles. The smallest absolute Gasteiger partial charge is 0.412 e. The molecular formula is C10H12CoO. The van der Waals surface area contributed by atoms with Crippen molar-refractivity contribution < 1.29 is 20.2 Å². The van der Waals surface area contributed by atoms with Crippen LogP contribution in [0.4, 0.5) is 0 Å². The summed E-state index contributed by atoms with van der Waals surface area (Å²) >= 11 is 1.45. The Kier molecular flexibility index (Phi) is 3.53. The molecule has 2 aliphatic carbocycles. The molecule has 0 unspecified atom stereocenters. The van der Waals surface area contributed by atoms with Gasteiger partial charge in [0.2, 0.25) is 0 Å². The molecule has 0 atom stereocenters. The van der Waals surface area contributed by atoms with Crippen LogP contribution in [0.1, 0.15) is 12.8 Å². The molecule has 2 aliphatic rings. The Hall–Kier alpha value is -0.574. The van der Waals surface area contributed by atoms with Gasteiger partial charge in [0.15, 0.2) is 0 Å². The van der Waals surface area contributed by atoms with E-state index in [4.69, 9.17) is 0 Å². The van der Waals surface area contributed by atoms with Gasteiger partial charge in [-0.15, -0.1) is 0 Å². The van der Waals surface area contributed by atoms with Crippen LogP contribution in [0.25, 0.3) is 0 Å². The fraction of sp³-hybridized carbons (Fsp3) is 0.200. The molecule has 0 fully saturated rings. The number of allylic oxidation sites excluding steroid dienone is 8. The first-order valence-corrected chi connectivity index (χ1v) is 4.81. The Morgan fingerprint density at radius 2 is 1.42 bits per heavy atom. The molecule has 1 nitrogen and oxygen atoms in total. The molecule has 0 spiro atoms. The van der Waals surface area contributed by atoms with Gasteiger partial charge in [-0.2, -0.15) is 0 Å². The molecule has 12 heavy (non-hydrogen) atoms. The Bertz CT molecular complexity index is 244. The third kappa shape index (κ3) is 2.20. The fourth-order valence-corrected chi connectivity index (χ4v) is 2.35. The van der Waals surface area contributed by atoms with E-state index in [2.05, 4.69) is 36.5 Å². The van der Waals surface area contributed by atoms with Crippen molar-refractivity contribution in [3.63, 3.8) is 0 Å². The number of rotatable bonds is 2. The first-order chi connectivity index (χ1) is 5.45. The third-order valence-electron chi connectivity index (χ3n) is 1.63. The molecule has 67 valence electrons. The largest absolute Gasteiger partial charge is 0.412 e. The van der Waals surface area contributed by atoms with Crippen LogP contribution < -0.4 is 0 Å². The number of hydrogen-bond acceptors (Lipinski definition) is 0. The molecule has 0 heterocycles. The summed E-state index contributed by atoms with van der Waals surface area (Å²) in [5.41, 5.74) is 0. The summed E-state index contributed by atoms with van der Waals surface area (Å²) in [6.45, 7) is 0. The van der Waals surface area contributed by atoms with E-state index in [1.807, 2.05) is 0 Å². The van der Waals surface area contributed by atoms with E-state index in [-0.39, 0.29) is 5.48 Å². The van der Waals surface area contributed by atoms with Crippen molar-refractivity contribution in [2.24, 2.45) is 0 Å². The maximum Gasteiger partial charge on any atom is -0.412 e. The van der Waals surface area contributed by atoms with Gasteiger partial charge in [0, 0.05) is 0 Å². The monoisotopic (exact) mass is 207 g/mol. The van der Waals surface area contributed by atoms with E-state index in [1.165, 1.54) is 23.7 Å². The minimum Gasteiger partial charge on any atom is -0.412 e. The molecule has 2 heteroatoms. The second-order valence-electron chi connectivity index (χ2n) is 2.52. The molecule has 0 aliphatic heterocycles. The summed E-state index contributed by atoms with van der Waals surface area (Å²) in [7, 11) is 0. The quantitative estimate of drug-likeness (QED) is 0.662. The van der Waals surface area contributed by atoms with Crippen molar-refractivity contribution in [1.82, 2.24) is 0 Å². The van der Waals surface area contributed by atoms with Crippen molar-refractivity contribution in [2.45, 2.75) is 12.8 Å². The van der Waals surface area contributed by atoms with Gasteiger partial charge in [-0.25, -0.2) is 0 Å². The van der Waals surface area contributed by atoms with Gasteiger partial charge in [-0.3, -0.25) is 0 Å². The predicted octanol–water partition coefficient (Wildman–Crippen LogP) is 1.93. The van der Waals surface area contributed by atoms with Crippen molar-refractivity contribution >= 4 is 0 Å². The zero-order valence-electron chi connectivity index (χ0n) is 6.71. The minimum atomic E-state index is 0. The Labute approximate surface area is 78.8 Å². The van der Waals surface area contributed by atoms with E-state index in [1.54, 1.807) is 0 Å². The van der Waals surface area contributed by atoms with Gasteiger partial charge in [-0.1, -0.05) is 0 Å². The SMILES string of the molecule is C1=CC[C]([Co][C]2=CC=CC2)=C1.O. The maximum absolute atomic E-state index is 2.22. The molecule has 0 aromatic carbocycles. The summed E-state index contributed by atoms with van der Waals surface area (Å²) in [5.74, 6) is 0. The van der Waals surface area contributed by atoms with Gasteiger partial charge >= 0.3 is 73.0 Å². The van der Waals surface area contributed by atoms with Crippen LogP contribution in [0.3, 0.4) is 0 Å². The second kappa shape index (κ2) is 4.45. The van der Waals surface area contributed by atoms with Crippen LogP contribution in [-0.4, -0.2) is 5.48 Å². The summed E-state index contributed by atoms with van der Waals surface area (Å²) in [5, 5.41) is 0. The van der Waals surface area contributed by atoms with Crippen molar-refractivity contribution in [1.29, 1.82) is 0 Å². The zero-order valence-corrected chi connectivity index (χ0v) is 7.75. The molecule has 2 rings (SSSR count). The molecule has 0 saturated heterocycles. The standard InChI is InChI=1S/2C5H5.Co.H2O/c2*1-2-4-5-3-1;;/h2*1-3H,4H2;;1H2. The summed E-state index contributed by atoms with van der Waals surface area (Å²) < 4.78 is 3.05. The van der Waals surface area contributed by atoms with Crippen LogP contribution in [0.2, 0.25) is 0 Å². The zero-order chi connectivity index (χ0) is 7.52. The molecule has 0 bridgehead atoms. The normalized spacial score (nSPS) is 19.3. The fourth-order valence-electron chi connectivity index (χ4n) is 1.08. The average molecular weight is 207 g/mol. The van der Waals surface area contributed by atoms with Crippen LogP contribution in [0.15, 0.2) is 45.5 Å². The molecule has 0 aromatic heterocycles. The minimum absolute atomic E-state index is 0. The molecule has 0 aromatic rings. The molecule has 2 N–H and O–H groups in total. The van der Waals surface area contributed by atoms with Crippen LogP contribution in [0, 0.1) is 0 Å². The van der Waals surface area contributed by atoms with Crippen molar-refractivity contribution in [2.75, 3.05) is 0 Å². The van der Waals surface area contributed by atoms with Crippen LogP contribution >= 0.6 is 0 Å². The van der Waals surface area contributed by atoms with Crippen LogP contribution in [0.5, 0.6) is 0 Å². The average Bonchev–Trinajstić information content (AvgIpc) is 2.60. The van der Waals surface area contributed by atoms with E-state index >= 15 is 0 Å². The Morgan fingerprint density at radius 1 is 0.917 bits per heavy atom. The summed E-state index contributed by atoms with van der Waals surface area (Å²) in [6.07, 6.45) is 15.5. The van der Waals surface area contributed by atoms with Crippen molar-refractivity contribution in [3.8, 4) is 0 Å². The molecule has 0 amide bonds. The first-order valence-electron chi connectivity index (χ1n) is 3.77. The third-order valence-corrected chi connectivity index (χ3v) is 3.07. The second-order valence-corrected chi connectivity index (χ2v) is 4.12.